The monoisotopic (exact) mass is 558 g/mol. The predicted molar refractivity (Wildman–Crippen MR) is 155 cm³/mol. The number of carbonyl (C=O) groups is 2. The second-order valence-electron chi connectivity index (χ2n) is 9.54. The van der Waals surface area contributed by atoms with Gasteiger partial charge in [0, 0.05) is 23.8 Å². The third-order valence-corrected chi connectivity index (χ3v) is 8.03. The Morgan fingerprint density at radius 3 is 2.08 bits per heavy atom. The first-order chi connectivity index (χ1) is 19.0. The Balaban J connectivity index is 1.46. The van der Waals surface area contributed by atoms with Crippen molar-refractivity contribution in [3.05, 3.63) is 107 Å². The van der Waals surface area contributed by atoms with E-state index in [9.17, 15) is 23.1 Å². The summed E-state index contributed by atoms with van der Waals surface area (Å²) in [5.41, 5.74) is 5.60. The number of hydrogen-bond acceptors (Lipinski definition) is 5. The average Bonchev–Trinajstić information content (AvgIpc) is 2.88. The molecule has 0 aliphatic carbocycles. The van der Waals surface area contributed by atoms with Crippen LogP contribution in [0.15, 0.2) is 90.1 Å². The van der Waals surface area contributed by atoms with Crippen molar-refractivity contribution in [3.8, 4) is 11.1 Å². The van der Waals surface area contributed by atoms with Crippen molar-refractivity contribution in [1.29, 1.82) is 0 Å². The van der Waals surface area contributed by atoms with E-state index in [-0.39, 0.29) is 11.3 Å². The largest absolute Gasteiger partial charge is 0.480 e. The van der Waals surface area contributed by atoms with Gasteiger partial charge >= 0.3 is 12.0 Å². The standard InChI is InChI=1S/C30H30N4O5S/c1-19-15-20(2)28(21(3)16-19)40(38,39)34-27(29(35)36)17-22-7-9-23(10-8-22)24-5-4-6-26(18-24)33-30(37)32-25-11-13-31-14-12-25/h4-16,18,27,34H,17H2,1-3H3,(H,35,36)(H2,31,32,33,37)/t27-/m0/s1. The number of anilines is 2. The molecule has 0 spiro atoms. The van der Waals surface area contributed by atoms with Crippen LogP contribution in [0.4, 0.5) is 16.2 Å². The Bertz CT molecular complexity index is 1620. The highest BCUT2D eigenvalue weighted by Crippen LogP contribution is 2.25. The van der Waals surface area contributed by atoms with Gasteiger partial charge in [0.25, 0.3) is 0 Å². The molecule has 40 heavy (non-hydrogen) atoms. The maximum Gasteiger partial charge on any atom is 0.323 e. The number of nitrogens with zero attached hydrogens (tertiary/aromatic N) is 1. The molecule has 1 atom stereocenters. The third-order valence-electron chi connectivity index (χ3n) is 6.25. The number of nitrogens with one attached hydrogen (secondary N) is 3. The first kappa shape index (κ1) is 28.5. The zero-order valence-electron chi connectivity index (χ0n) is 22.3. The molecule has 2 amide bonds. The summed E-state index contributed by atoms with van der Waals surface area (Å²) < 4.78 is 28.6. The zero-order chi connectivity index (χ0) is 28.9. The van der Waals surface area contributed by atoms with E-state index in [1.165, 1.54) is 0 Å². The van der Waals surface area contributed by atoms with Crippen LogP contribution in [0.25, 0.3) is 11.1 Å². The molecule has 0 fully saturated rings. The van der Waals surface area contributed by atoms with E-state index < -0.39 is 28.1 Å². The van der Waals surface area contributed by atoms with Gasteiger partial charge in [0.1, 0.15) is 6.04 Å². The summed E-state index contributed by atoms with van der Waals surface area (Å²) in [6, 6.07) is 19.6. The fraction of sp³-hybridized carbons (Fsp3) is 0.167. The van der Waals surface area contributed by atoms with Crippen molar-refractivity contribution < 1.29 is 23.1 Å². The molecule has 0 unspecified atom stereocenters. The van der Waals surface area contributed by atoms with E-state index in [4.69, 9.17) is 0 Å². The lowest BCUT2D eigenvalue weighted by Crippen LogP contribution is -2.42. The van der Waals surface area contributed by atoms with Crippen LogP contribution in [0.3, 0.4) is 0 Å². The van der Waals surface area contributed by atoms with Gasteiger partial charge < -0.3 is 15.7 Å². The van der Waals surface area contributed by atoms with Crippen LogP contribution in [0.5, 0.6) is 0 Å². The molecule has 1 aromatic heterocycles. The van der Waals surface area contributed by atoms with Gasteiger partial charge in [0.2, 0.25) is 10.0 Å². The number of urea groups is 1. The number of carboxylic acid groups (broad SMARTS) is 1. The molecular weight excluding hydrogens is 528 g/mol. The van der Waals surface area contributed by atoms with Gasteiger partial charge in [-0.3, -0.25) is 9.78 Å². The van der Waals surface area contributed by atoms with E-state index in [0.29, 0.717) is 28.1 Å². The summed E-state index contributed by atoms with van der Waals surface area (Å²) in [6.07, 6.45) is 3.13. The molecule has 3 aromatic carbocycles. The van der Waals surface area contributed by atoms with Crippen LogP contribution in [0.2, 0.25) is 0 Å². The smallest absolute Gasteiger partial charge is 0.323 e. The van der Waals surface area contributed by atoms with Crippen LogP contribution >= 0.6 is 0 Å². The fourth-order valence-corrected chi connectivity index (χ4v) is 6.23. The quantitative estimate of drug-likeness (QED) is 0.220. The number of carboxylic acids is 1. The summed E-state index contributed by atoms with van der Waals surface area (Å²) in [4.78, 5) is 28.3. The predicted octanol–water partition coefficient (Wildman–Crippen LogP) is 5.29. The van der Waals surface area contributed by atoms with Crippen molar-refractivity contribution in [2.75, 3.05) is 10.6 Å². The molecule has 4 aromatic rings. The van der Waals surface area contributed by atoms with Crippen molar-refractivity contribution in [3.63, 3.8) is 0 Å². The highest BCUT2D eigenvalue weighted by atomic mass is 32.2. The molecule has 4 N–H and O–H groups in total. The van der Waals surface area contributed by atoms with Gasteiger partial charge in [-0.25, -0.2) is 13.2 Å². The third kappa shape index (κ3) is 7.10. The van der Waals surface area contributed by atoms with E-state index in [1.54, 1.807) is 68.7 Å². The van der Waals surface area contributed by atoms with Crippen molar-refractivity contribution in [1.82, 2.24) is 9.71 Å². The van der Waals surface area contributed by atoms with Crippen LogP contribution in [-0.4, -0.2) is 36.6 Å². The SMILES string of the molecule is Cc1cc(C)c(S(=O)(=O)N[C@@H](Cc2ccc(-c3cccc(NC(=O)Nc4ccncc4)c3)cc2)C(=O)O)c(C)c1. The van der Waals surface area contributed by atoms with Crippen LogP contribution in [0, 0.1) is 20.8 Å². The molecule has 206 valence electrons. The summed E-state index contributed by atoms with van der Waals surface area (Å²) in [5.74, 6) is -1.26. The first-order valence-corrected chi connectivity index (χ1v) is 14.0. The maximum absolute atomic E-state index is 13.1. The maximum atomic E-state index is 13.1. The van der Waals surface area contributed by atoms with Gasteiger partial charge in [-0.05, 0) is 79.3 Å². The molecular formula is C30H30N4O5S. The minimum Gasteiger partial charge on any atom is -0.480 e. The Hall–Kier alpha value is -4.54. The highest BCUT2D eigenvalue weighted by molar-refractivity contribution is 7.89. The zero-order valence-corrected chi connectivity index (χ0v) is 23.1. The molecule has 0 aliphatic rings. The number of aromatic nitrogens is 1. The fourth-order valence-electron chi connectivity index (χ4n) is 4.59. The Labute approximate surface area is 233 Å². The number of sulfonamides is 1. The minimum atomic E-state index is -4.06. The van der Waals surface area contributed by atoms with E-state index in [2.05, 4.69) is 20.3 Å². The number of carbonyl (C=O) groups excluding carboxylic acids is 1. The Morgan fingerprint density at radius 2 is 1.45 bits per heavy atom. The van der Waals surface area contributed by atoms with Crippen molar-refractivity contribution >= 4 is 33.4 Å². The normalized spacial score (nSPS) is 12.0. The van der Waals surface area contributed by atoms with Gasteiger partial charge in [-0.15, -0.1) is 0 Å². The summed E-state index contributed by atoms with van der Waals surface area (Å²) in [5, 5.41) is 15.3. The second-order valence-corrected chi connectivity index (χ2v) is 11.2. The molecule has 0 bridgehead atoms. The molecule has 9 nitrogen and oxygen atoms in total. The molecule has 0 aliphatic heterocycles. The Kier molecular flexibility index (Phi) is 8.61. The highest BCUT2D eigenvalue weighted by Gasteiger charge is 2.28. The van der Waals surface area contributed by atoms with Gasteiger partial charge in [-0.1, -0.05) is 54.1 Å². The summed E-state index contributed by atoms with van der Waals surface area (Å²) >= 11 is 0. The number of rotatable bonds is 9. The molecule has 10 heteroatoms. The van der Waals surface area contributed by atoms with E-state index in [1.807, 2.05) is 37.3 Å². The molecule has 4 rings (SSSR count). The summed E-state index contributed by atoms with van der Waals surface area (Å²) in [6.45, 7) is 5.27. The number of aliphatic carboxylic acids is 1. The summed E-state index contributed by atoms with van der Waals surface area (Å²) in [7, 11) is -4.06. The average molecular weight is 559 g/mol. The Morgan fingerprint density at radius 1 is 0.825 bits per heavy atom. The van der Waals surface area contributed by atoms with Crippen LogP contribution in [0.1, 0.15) is 22.3 Å². The number of amides is 2. The lowest BCUT2D eigenvalue weighted by Gasteiger charge is -2.18. The lowest BCUT2D eigenvalue weighted by molar-refractivity contribution is -0.138. The number of hydrogen-bond donors (Lipinski definition) is 4. The van der Waals surface area contributed by atoms with Gasteiger partial charge in [0.05, 0.1) is 4.90 Å². The molecule has 0 saturated carbocycles. The topological polar surface area (TPSA) is 137 Å². The first-order valence-electron chi connectivity index (χ1n) is 12.5. The van der Waals surface area contributed by atoms with Crippen LogP contribution in [-0.2, 0) is 21.2 Å². The van der Waals surface area contributed by atoms with Crippen LogP contribution < -0.4 is 15.4 Å². The lowest BCUT2D eigenvalue weighted by atomic mass is 10.0. The number of aryl methyl sites for hydroxylation is 3. The second kappa shape index (κ2) is 12.1. The molecule has 0 saturated heterocycles. The molecule has 1 heterocycles. The van der Waals surface area contributed by atoms with Crippen molar-refractivity contribution in [2.24, 2.45) is 0 Å². The van der Waals surface area contributed by atoms with E-state index >= 15 is 0 Å². The van der Waals surface area contributed by atoms with E-state index in [0.717, 1.165) is 16.7 Å². The minimum absolute atomic E-state index is 0.0322. The molecule has 0 radical (unpaired) electrons. The van der Waals surface area contributed by atoms with Gasteiger partial charge in [0.15, 0.2) is 0 Å². The number of pyridine rings is 1. The number of benzene rings is 3. The van der Waals surface area contributed by atoms with Gasteiger partial charge in [-0.2, -0.15) is 4.72 Å². The van der Waals surface area contributed by atoms with Crippen molar-refractivity contribution in [2.45, 2.75) is 38.1 Å².